The Hall–Kier alpha value is -4.38. The molecule has 0 saturated heterocycles. The molecule has 0 aliphatic carbocycles. The van der Waals surface area contributed by atoms with Gasteiger partial charge in [0.1, 0.15) is 0 Å². The summed E-state index contributed by atoms with van der Waals surface area (Å²) in [5, 5.41) is 5.68. The molecular formula is C26H21ClF3N3O5. The van der Waals surface area contributed by atoms with E-state index in [1.807, 2.05) is 17.7 Å². The number of hydrogen-bond donors (Lipinski definition) is 2. The fraction of sp³-hybridized carbons (Fsp3) is 0.154. The molecule has 3 aromatic rings. The van der Waals surface area contributed by atoms with Crippen LogP contribution in [-0.4, -0.2) is 30.6 Å². The molecule has 2 amide bonds. The highest BCUT2D eigenvalue weighted by atomic mass is 35.5. The van der Waals surface area contributed by atoms with Crippen LogP contribution in [0.15, 0.2) is 65.8 Å². The van der Waals surface area contributed by atoms with Crippen molar-refractivity contribution in [2.75, 3.05) is 12.4 Å². The normalized spacial score (nSPS) is 11.5. The predicted molar refractivity (Wildman–Crippen MR) is 135 cm³/mol. The Kier molecular flexibility index (Phi) is 8.74. The number of nitrogens with zero attached hydrogens (tertiary/aromatic N) is 1. The minimum absolute atomic E-state index is 0.149. The molecule has 3 aromatic carbocycles. The van der Waals surface area contributed by atoms with Crippen LogP contribution in [0.1, 0.15) is 34.0 Å². The SMILES string of the molecule is COc1cc(C(C)=NNC(=O)C(=O)Nc2cc(C(F)(F)F)ccc2Cl)ccc1OC(=O)c1ccc(C)cc1. The number of hydrogen-bond acceptors (Lipinski definition) is 6. The van der Waals surface area contributed by atoms with Gasteiger partial charge in [-0.3, -0.25) is 9.59 Å². The van der Waals surface area contributed by atoms with Crippen LogP contribution >= 0.6 is 11.6 Å². The molecule has 0 heterocycles. The molecule has 0 aliphatic rings. The summed E-state index contributed by atoms with van der Waals surface area (Å²) in [6, 6.07) is 13.7. The van der Waals surface area contributed by atoms with E-state index in [1.165, 1.54) is 26.2 Å². The Morgan fingerprint density at radius 3 is 2.18 bits per heavy atom. The van der Waals surface area contributed by atoms with Gasteiger partial charge in [0.15, 0.2) is 11.5 Å². The molecule has 0 radical (unpaired) electrons. The number of aryl methyl sites for hydroxylation is 1. The molecule has 2 N–H and O–H groups in total. The fourth-order valence-electron chi connectivity index (χ4n) is 3.05. The lowest BCUT2D eigenvalue weighted by Gasteiger charge is -2.12. The maximum Gasteiger partial charge on any atom is 0.416 e. The maximum atomic E-state index is 12.9. The van der Waals surface area contributed by atoms with E-state index in [9.17, 15) is 27.6 Å². The van der Waals surface area contributed by atoms with Crippen molar-refractivity contribution in [2.45, 2.75) is 20.0 Å². The smallest absolute Gasteiger partial charge is 0.416 e. The van der Waals surface area contributed by atoms with Crippen molar-refractivity contribution in [1.29, 1.82) is 0 Å². The molecule has 0 bridgehead atoms. The number of nitrogens with one attached hydrogen (secondary N) is 2. The van der Waals surface area contributed by atoms with Crippen LogP contribution in [0.4, 0.5) is 18.9 Å². The number of benzene rings is 3. The average Bonchev–Trinajstić information content (AvgIpc) is 2.88. The summed E-state index contributed by atoms with van der Waals surface area (Å²) in [6.45, 7) is 3.41. The van der Waals surface area contributed by atoms with E-state index in [-0.39, 0.29) is 27.9 Å². The Labute approximate surface area is 220 Å². The molecule has 0 spiro atoms. The van der Waals surface area contributed by atoms with Crippen molar-refractivity contribution in [3.63, 3.8) is 0 Å². The van der Waals surface area contributed by atoms with Crippen molar-refractivity contribution in [2.24, 2.45) is 5.10 Å². The molecule has 0 atom stereocenters. The van der Waals surface area contributed by atoms with Gasteiger partial charge in [-0.25, -0.2) is 10.2 Å². The van der Waals surface area contributed by atoms with Crippen LogP contribution in [0.2, 0.25) is 5.02 Å². The number of anilines is 1. The number of alkyl halides is 3. The summed E-state index contributed by atoms with van der Waals surface area (Å²) in [4.78, 5) is 36.7. The summed E-state index contributed by atoms with van der Waals surface area (Å²) in [7, 11) is 1.37. The van der Waals surface area contributed by atoms with Gasteiger partial charge in [-0.05, 0) is 62.4 Å². The zero-order valence-electron chi connectivity index (χ0n) is 20.3. The van der Waals surface area contributed by atoms with E-state index in [2.05, 4.69) is 5.10 Å². The molecular weight excluding hydrogens is 527 g/mol. The van der Waals surface area contributed by atoms with Crippen molar-refractivity contribution < 1.29 is 37.0 Å². The maximum absolute atomic E-state index is 12.9. The third-order valence-corrected chi connectivity index (χ3v) is 5.47. The fourth-order valence-corrected chi connectivity index (χ4v) is 3.22. The van der Waals surface area contributed by atoms with Gasteiger partial charge in [0, 0.05) is 5.56 Å². The molecule has 38 heavy (non-hydrogen) atoms. The van der Waals surface area contributed by atoms with Crippen LogP contribution in [0.25, 0.3) is 0 Å². The highest BCUT2D eigenvalue weighted by Crippen LogP contribution is 2.34. The summed E-state index contributed by atoms with van der Waals surface area (Å²) < 4.78 is 49.4. The number of rotatable bonds is 6. The summed E-state index contributed by atoms with van der Waals surface area (Å²) in [5.41, 5.74) is 2.63. The zero-order chi connectivity index (χ0) is 28.0. The number of esters is 1. The number of halogens is 4. The minimum atomic E-state index is -4.66. The average molecular weight is 548 g/mol. The van der Waals surface area contributed by atoms with Crippen molar-refractivity contribution in [3.05, 3.63) is 87.9 Å². The topological polar surface area (TPSA) is 106 Å². The third-order valence-electron chi connectivity index (χ3n) is 5.14. The second-order valence-corrected chi connectivity index (χ2v) is 8.31. The largest absolute Gasteiger partial charge is 0.493 e. The van der Waals surface area contributed by atoms with E-state index in [0.29, 0.717) is 17.2 Å². The van der Waals surface area contributed by atoms with Crippen LogP contribution in [0, 0.1) is 6.92 Å². The van der Waals surface area contributed by atoms with E-state index in [0.717, 1.165) is 17.7 Å². The summed E-state index contributed by atoms with van der Waals surface area (Å²) >= 11 is 5.83. The first-order valence-electron chi connectivity index (χ1n) is 10.9. The first-order chi connectivity index (χ1) is 17.9. The lowest BCUT2D eigenvalue weighted by molar-refractivity contribution is -0.137. The van der Waals surface area contributed by atoms with Gasteiger partial charge < -0.3 is 14.8 Å². The van der Waals surface area contributed by atoms with Gasteiger partial charge in [0.25, 0.3) is 0 Å². The lowest BCUT2D eigenvalue weighted by Crippen LogP contribution is -2.33. The molecule has 198 valence electrons. The number of carbonyl (C=O) groups is 3. The molecule has 8 nitrogen and oxygen atoms in total. The lowest BCUT2D eigenvalue weighted by atomic mass is 10.1. The van der Waals surface area contributed by atoms with Crippen molar-refractivity contribution in [1.82, 2.24) is 5.43 Å². The number of amides is 2. The predicted octanol–water partition coefficient (Wildman–Crippen LogP) is 5.37. The standard InChI is InChI=1S/C26H21ClF3N3O5/c1-14-4-6-16(7-5-14)25(36)38-21-11-8-17(12-22(21)37-3)15(2)32-33-24(35)23(34)31-20-13-18(26(28,29)30)9-10-19(20)27/h4-13H,1-3H3,(H,31,34)(H,33,35). The van der Waals surface area contributed by atoms with Gasteiger partial charge in [-0.1, -0.05) is 29.3 Å². The monoisotopic (exact) mass is 547 g/mol. The van der Waals surface area contributed by atoms with E-state index in [4.69, 9.17) is 21.1 Å². The van der Waals surface area contributed by atoms with E-state index >= 15 is 0 Å². The molecule has 0 fully saturated rings. The van der Waals surface area contributed by atoms with Gasteiger partial charge in [-0.2, -0.15) is 18.3 Å². The number of methoxy groups -OCH3 is 1. The van der Waals surface area contributed by atoms with Crippen LogP contribution in [0.3, 0.4) is 0 Å². The molecule has 3 rings (SSSR count). The first kappa shape index (κ1) is 28.2. The van der Waals surface area contributed by atoms with Crippen molar-refractivity contribution >= 4 is 40.8 Å². The van der Waals surface area contributed by atoms with Crippen LogP contribution < -0.4 is 20.2 Å². The Balaban J connectivity index is 1.68. The van der Waals surface area contributed by atoms with E-state index < -0.39 is 29.5 Å². The highest BCUT2D eigenvalue weighted by Gasteiger charge is 2.31. The van der Waals surface area contributed by atoms with Gasteiger partial charge in [0.2, 0.25) is 0 Å². The molecule has 12 heteroatoms. The second-order valence-electron chi connectivity index (χ2n) is 7.91. The number of ether oxygens (including phenoxy) is 2. The molecule has 0 aliphatic heterocycles. The van der Waals surface area contributed by atoms with Crippen molar-refractivity contribution in [3.8, 4) is 11.5 Å². The molecule has 0 unspecified atom stereocenters. The summed E-state index contributed by atoms with van der Waals surface area (Å²) in [5.74, 6) is -2.75. The Bertz CT molecular complexity index is 1410. The van der Waals surface area contributed by atoms with Gasteiger partial charge >= 0.3 is 24.0 Å². The summed E-state index contributed by atoms with van der Waals surface area (Å²) in [6.07, 6.45) is -4.66. The molecule has 0 saturated carbocycles. The zero-order valence-corrected chi connectivity index (χ0v) is 21.0. The first-order valence-corrected chi connectivity index (χ1v) is 11.3. The van der Waals surface area contributed by atoms with Gasteiger partial charge in [0.05, 0.1) is 34.7 Å². The Morgan fingerprint density at radius 2 is 1.55 bits per heavy atom. The minimum Gasteiger partial charge on any atom is -0.493 e. The number of carbonyl (C=O) groups excluding carboxylic acids is 3. The van der Waals surface area contributed by atoms with Crippen LogP contribution in [0.5, 0.6) is 11.5 Å². The van der Waals surface area contributed by atoms with E-state index in [1.54, 1.807) is 30.3 Å². The quantitative estimate of drug-likeness (QED) is 0.142. The third kappa shape index (κ3) is 7.10. The second kappa shape index (κ2) is 11.8. The molecule has 0 aromatic heterocycles. The van der Waals surface area contributed by atoms with Gasteiger partial charge in [-0.15, -0.1) is 0 Å². The number of hydrazone groups is 1. The Morgan fingerprint density at radius 1 is 0.895 bits per heavy atom. The van der Waals surface area contributed by atoms with Crippen LogP contribution in [-0.2, 0) is 15.8 Å². The highest BCUT2D eigenvalue weighted by molar-refractivity contribution is 6.41.